The fourth-order valence-electron chi connectivity index (χ4n) is 4.14. The highest BCUT2D eigenvalue weighted by Crippen LogP contribution is 2.37. The standard InChI is InChI=1S/C36H42O6/c1-25(2)13-10-15-27(5)21-23-39-31-20-12-19-30-32(31)41-36(38)34(40-24-22-28(6)16-11-14-26(3)4)33(30)42-35(37)29-17-8-7-9-18-29/h7-9,12-14,17-22H,10-11,15-16,23-24H2,1-6H3. The molecule has 0 aliphatic rings. The lowest BCUT2D eigenvalue weighted by Gasteiger charge is -2.14. The molecule has 6 nitrogen and oxygen atoms in total. The minimum atomic E-state index is -0.751. The van der Waals surface area contributed by atoms with Gasteiger partial charge in [-0.3, -0.25) is 0 Å². The SMILES string of the molecule is CC(C)=CCCC(C)=CCOc1c(OC(=O)c2ccccc2)c2cccc(OCC=C(C)CCC=C(C)C)c2oc1=O. The molecule has 0 bridgehead atoms. The maximum absolute atomic E-state index is 13.2. The lowest BCUT2D eigenvalue weighted by Crippen LogP contribution is -2.15. The monoisotopic (exact) mass is 570 g/mol. The van der Waals surface area contributed by atoms with Gasteiger partial charge in [0, 0.05) is 0 Å². The van der Waals surface area contributed by atoms with Gasteiger partial charge in [0.2, 0.25) is 5.75 Å². The van der Waals surface area contributed by atoms with Crippen LogP contribution in [0.25, 0.3) is 11.0 Å². The molecule has 0 saturated heterocycles. The zero-order valence-electron chi connectivity index (χ0n) is 25.6. The number of ether oxygens (including phenoxy) is 3. The van der Waals surface area contributed by atoms with Gasteiger partial charge in [0.1, 0.15) is 13.2 Å². The zero-order valence-corrected chi connectivity index (χ0v) is 25.6. The number of hydrogen-bond donors (Lipinski definition) is 0. The Labute approximate surface area is 249 Å². The Balaban J connectivity index is 1.91. The summed E-state index contributed by atoms with van der Waals surface area (Å²) in [6, 6.07) is 13.8. The third kappa shape index (κ3) is 9.95. The van der Waals surface area contributed by atoms with Gasteiger partial charge in [-0.25, -0.2) is 9.59 Å². The largest absolute Gasteiger partial charge is 0.486 e. The molecule has 0 atom stereocenters. The second kappa shape index (κ2) is 16.2. The first-order chi connectivity index (χ1) is 20.2. The molecular weight excluding hydrogens is 528 g/mol. The van der Waals surface area contributed by atoms with Crippen molar-refractivity contribution in [1.82, 2.24) is 0 Å². The van der Waals surface area contributed by atoms with Gasteiger partial charge >= 0.3 is 11.6 Å². The molecule has 0 N–H and O–H groups in total. The molecule has 0 spiro atoms. The molecule has 3 rings (SSSR count). The summed E-state index contributed by atoms with van der Waals surface area (Å²) < 4.78 is 23.4. The molecule has 0 saturated carbocycles. The molecule has 3 aromatic rings. The van der Waals surface area contributed by atoms with E-state index in [9.17, 15) is 9.59 Å². The van der Waals surface area contributed by atoms with Crippen molar-refractivity contribution in [1.29, 1.82) is 0 Å². The van der Waals surface area contributed by atoms with Crippen molar-refractivity contribution in [3.8, 4) is 17.2 Å². The summed E-state index contributed by atoms with van der Waals surface area (Å²) in [6.45, 7) is 12.8. The van der Waals surface area contributed by atoms with E-state index in [2.05, 4.69) is 46.8 Å². The quantitative estimate of drug-likeness (QED) is 0.109. The van der Waals surface area contributed by atoms with Crippen molar-refractivity contribution in [3.63, 3.8) is 0 Å². The lowest BCUT2D eigenvalue weighted by molar-refractivity contribution is 0.0730. The van der Waals surface area contributed by atoms with E-state index in [0.717, 1.165) is 31.3 Å². The van der Waals surface area contributed by atoms with Crippen molar-refractivity contribution in [3.05, 3.63) is 111 Å². The number of allylic oxidation sites excluding steroid dienone is 6. The van der Waals surface area contributed by atoms with Gasteiger partial charge in [-0.15, -0.1) is 0 Å². The molecule has 2 aromatic carbocycles. The van der Waals surface area contributed by atoms with E-state index in [1.54, 1.807) is 42.5 Å². The van der Waals surface area contributed by atoms with E-state index in [0.29, 0.717) is 23.3 Å². The molecule has 0 aliphatic carbocycles. The molecule has 0 radical (unpaired) electrons. The van der Waals surface area contributed by atoms with Gasteiger partial charge in [0.15, 0.2) is 17.1 Å². The van der Waals surface area contributed by atoms with Gasteiger partial charge in [0.25, 0.3) is 0 Å². The first kappa shape index (κ1) is 32.2. The van der Waals surface area contributed by atoms with E-state index in [4.69, 9.17) is 18.6 Å². The number of fused-ring (bicyclic) bond motifs is 1. The van der Waals surface area contributed by atoms with Crippen LogP contribution in [0.15, 0.2) is 104 Å². The summed E-state index contributed by atoms with van der Waals surface area (Å²) in [5.41, 5.74) is 4.68. The lowest BCUT2D eigenvalue weighted by atomic mass is 10.1. The Hall–Kier alpha value is -4.32. The van der Waals surface area contributed by atoms with E-state index >= 15 is 0 Å². The molecule has 1 aromatic heterocycles. The van der Waals surface area contributed by atoms with E-state index in [1.807, 2.05) is 25.1 Å². The van der Waals surface area contributed by atoms with Crippen molar-refractivity contribution in [2.24, 2.45) is 0 Å². The van der Waals surface area contributed by atoms with E-state index in [1.165, 1.54) is 16.7 Å². The summed E-state index contributed by atoms with van der Waals surface area (Å²) in [7, 11) is 0. The molecule has 6 heteroatoms. The highest BCUT2D eigenvalue weighted by atomic mass is 16.6. The van der Waals surface area contributed by atoms with Gasteiger partial charge in [-0.05, 0) is 104 Å². The van der Waals surface area contributed by atoms with Crippen LogP contribution in [0.5, 0.6) is 17.2 Å². The summed E-state index contributed by atoms with van der Waals surface area (Å²) in [5.74, 6) is -0.393. The minimum absolute atomic E-state index is 0.00425. The molecule has 42 heavy (non-hydrogen) atoms. The van der Waals surface area contributed by atoms with Crippen LogP contribution in [-0.2, 0) is 0 Å². The topological polar surface area (TPSA) is 75.0 Å². The number of carbonyl (C=O) groups is 1. The summed E-state index contributed by atoms with van der Waals surface area (Å²) in [4.78, 5) is 26.3. The second-order valence-corrected chi connectivity index (χ2v) is 10.8. The normalized spacial score (nSPS) is 11.7. The van der Waals surface area contributed by atoms with Crippen LogP contribution in [0, 0.1) is 0 Å². The molecule has 222 valence electrons. The van der Waals surface area contributed by atoms with Crippen LogP contribution in [-0.4, -0.2) is 19.2 Å². The number of para-hydroxylation sites is 1. The number of benzene rings is 2. The Morgan fingerprint density at radius 2 is 1.31 bits per heavy atom. The van der Waals surface area contributed by atoms with Gasteiger partial charge in [-0.1, -0.05) is 58.7 Å². The van der Waals surface area contributed by atoms with Crippen LogP contribution >= 0.6 is 0 Å². The molecule has 0 fully saturated rings. The average Bonchev–Trinajstić information content (AvgIpc) is 2.94. The molecule has 1 heterocycles. The van der Waals surface area contributed by atoms with E-state index < -0.39 is 11.6 Å². The minimum Gasteiger partial charge on any atom is -0.486 e. The first-order valence-electron chi connectivity index (χ1n) is 14.4. The Morgan fingerprint density at radius 1 is 0.714 bits per heavy atom. The summed E-state index contributed by atoms with van der Waals surface area (Å²) >= 11 is 0. The van der Waals surface area contributed by atoms with Crippen LogP contribution in [0.2, 0.25) is 0 Å². The van der Waals surface area contributed by atoms with Crippen molar-refractivity contribution >= 4 is 16.9 Å². The Kier molecular flexibility index (Phi) is 12.4. The Morgan fingerprint density at radius 3 is 1.90 bits per heavy atom. The van der Waals surface area contributed by atoms with Crippen molar-refractivity contribution in [2.45, 2.75) is 67.2 Å². The maximum Gasteiger partial charge on any atom is 0.383 e. The van der Waals surface area contributed by atoms with Crippen LogP contribution in [0.4, 0.5) is 0 Å². The first-order valence-corrected chi connectivity index (χ1v) is 14.4. The number of carbonyl (C=O) groups excluding carboxylic acids is 1. The predicted molar refractivity (Wildman–Crippen MR) is 170 cm³/mol. The van der Waals surface area contributed by atoms with Gasteiger partial charge in [-0.2, -0.15) is 0 Å². The highest BCUT2D eigenvalue weighted by Gasteiger charge is 2.23. The average molecular weight is 571 g/mol. The predicted octanol–water partition coefficient (Wildman–Crippen LogP) is 9.16. The van der Waals surface area contributed by atoms with Crippen LogP contribution in [0.1, 0.15) is 77.6 Å². The van der Waals surface area contributed by atoms with E-state index in [-0.39, 0.29) is 23.7 Å². The van der Waals surface area contributed by atoms with Crippen molar-refractivity contribution < 1.29 is 23.4 Å². The summed E-state index contributed by atoms with van der Waals surface area (Å²) in [6.07, 6.45) is 12.0. The van der Waals surface area contributed by atoms with Crippen molar-refractivity contribution in [2.75, 3.05) is 13.2 Å². The highest BCUT2D eigenvalue weighted by molar-refractivity contribution is 5.96. The fourth-order valence-corrected chi connectivity index (χ4v) is 4.14. The van der Waals surface area contributed by atoms with Gasteiger partial charge < -0.3 is 18.6 Å². The smallest absolute Gasteiger partial charge is 0.383 e. The van der Waals surface area contributed by atoms with Gasteiger partial charge in [0.05, 0.1) is 10.9 Å². The fraction of sp³-hybridized carbons (Fsp3) is 0.333. The molecule has 0 aliphatic heterocycles. The third-order valence-corrected chi connectivity index (χ3v) is 6.53. The number of rotatable bonds is 14. The molecular formula is C36H42O6. The van der Waals surface area contributed by atoms with Crippen LogP contribution < -0.4 is 19.8 Å². The number of hydrogen-bond acceptors (Lipinski definition) is 6. The second-order valence-electron chi connectivity index (χ2n) is 10.8. The Bertz CT molecular complexity index is 1530. The molecule has 0 unspecified atom stereocenters. The maximum atomic E-state index is 13.2. The summed E-state index contributed by atoms with van der Waals surface area (Å²) in [5, 5.41) is 0.403. The molecule has 0 amide bonds. The zero-order chi connectivity index (χ0) is 30.5. The number of esters is 1. The van der Waals surface area contributed by atoms with Crippen LogP contribution in [0.3, 0.4) is 0 Å². The third-order valence-electron chi connectivity index (χ3n) is 6.53.